The summed E-state index contributed by atoms with van der Waals surface area (Å²) in [5, 5.41) is 0. The number of likely N-dealkylation sites (tertiary alicyclic amines) is 1. The monoisotopic (exact) mass is 528 g/mol. The second kappa shape index (κ2) is 13.5. The molecule has 1 aliphatic carbocycles. The molecule has 38 heavy (non-hydrogen) atoms. The average Bonchev–Trinajstić information content (AvgIpc) is 3.35. The molecule has 2 saturated heterocycles. The summed E-state index contributed by atoms with van der Waals surface area (Å²) >= 11 is 0. The van der Waals surface area contributed by atoms with Crippen LogP contribution in [0.15, 0.2) is 24.4 Å². The number of nitrogens with one attached hydrogen (secondary N) is 1. The van der Waals surface area contributed by atoms with E-state index in [-0.39, 0.29) is 18.0 Å². The van der Waals surface area contributed by atoms with Crippen LogP contribution in [0.4, 0.5) is 10.6 Å². The second-order valence-electron chi connectivity index (χ2n) is 11.7. The number of nitrogens with zero attached hydrogens (tertiary/aromatic N) is 3. The fraction of sp³-hybridized carbons (Fsp3) is 0.690. The number of amides is 2. The Hall–Kier alpha value is -2.49. The van der Waals surface area contributed by atoms with E-state index in [0.29, 0.717) is 12.4 Å². The standard InChI is InChI=1S/C29H44N4O5/c1-29(2,3)37-28(35)33(24-16-17-32(21-24)20-23-9-5-4-6-10-23)25-14-12-22(19-30-25)13-15-26(34)31-38-27-11-7-8-18-36-27/h12-15,19,23-24,27H,4-11,16-18,20-21H2,1-3H3,(H,31,34)/b15-13+/t24-,27?/m1/s1. The third-order valence-electron chi connectivity index (χ3n) is 7.32. The Bertz CT molecular complexity index is 933. The zero-order valence-corrected chi connectivity index (χ0v) is 23.2. The first-order chi connectivity index (χ1) is 18.3. The molecular weight excluding hydrogens is 484 g/mol. The van der Waals surface area contributed by atoms with E-state index in [1.54, 1.807) is 17.2 Å². The van der Waals surface area contributed by atoms with Gasteiger partial charge in [0.15, 0.2) is 6.29 Å². The zero-order chi connectivity index (χ0) is 27.0. The summed E-state index contributed by atoms with van der Waals surface area (Å²) in [5.41, 5.74) is 2.56. The van der Waals surface area contributed by atoms with Gasteiger partial charge in [0.1, 0.15) is 11.4 Å². The van der Waals surface area contributed by atoms with Crippen LogP contribution in [0.25, 0.3) is 6.08 Å². The van der Waals surface area contributed by atoms with Gasteiger partial charge in [-0.05, 0) is 82.6 Å². The van der Waals surface area contributed by atoms with E-state index in [4.69, 9.17) is 14.3 Å². The summed E-state index contributed by atoms with van der Waals surface area (Å²) < 4.78 is 11.2. The molecule has 1 saturated carbocycles. The summed E-state index contributed by atoms with van der Waals surface area (Å²) in [6.07, 6.45) is 14.3. The van der Waals surface area contributed by atoms with Crippen molar-refractivity contribution in [3.8, 4) is 0 Å². The highest BCUT2D eigenvalue weighted by atomic mass is 16.8. The van der Waals surface area contributed by atoms with E-state index < -0.39 is 11.9 Å². The van der Waals surface area contributed by atoms with Crippen molar-refractivity contribution in [2.75, 3.05) is 31.1 Å². The van der Waals surface area contributed by atoms with E-state index in [2.05, 4.69) is 15.4 Å². The van der Waals surface area contributed by atoms with Gasteiger partial charge in [0.2, 0.25) is 0 Å². The van der Waals surface area contributed by atoms with Gasteiger partial charge in [-0.25, -0.2) is 20.1 Å². The Kier molecular flexibility index (Phi) is 10.2. The minimum absolute atomic E-state index is 0.00673. The maximum atomic E-state index is 13.3. The van der Waals surface area contributed by atoms with Gasteiger partial charge < -0.3 is 14.4 Å². The van der Waals surface area contributed by atoms with Gasteiger partial charge >= 0.3 is 6.09 Å². The van der Waals surface area contributed by atoms with Gasteiger partial charge in [0, 0.05) is 44.9 Å². The first-order valence-electron chi connectivity index (χ1n) is 14.2. The Morgan fingerprint density at radius 2 is 1.92 bits per heavy atom. The lowest BCUT2D eigenvalue weighted by Crippen LogP contribution is -2.45. The van der Waals surface area contributed by atoms with Crippen LogP contribution >= 0.6 is 0 Å². The molecule has 0 bridgehead atoms. The van der Waals surface area contributed by atoms with Crippen LogP contribution in [0.5, 0.6) is 0 Å². The molecule has 3 fully saturated rings. The third kappa shape index (κ3) is 8.78. The van der Waals surface area contributed by atoms with Crippen molar-refractivity contribution in [3.05, 3.63) is 30.0 Å². The summed E-state index contributed by atoms with van der Waals surface area (Å²) in [6.45, 7) is 9.19. The topological polar surface area (TPSA) is 93.2 Å². The van der Waals surface area contributed by atoms with Crippen molar-refractivity contribution in [2.24, 2.45) is 5.92 Å². The number of carbonyl (C=O) groups is 2. The molecule has 1 unspecified atom stereocenters. The quantitative estimate of drug-likeness (QED) is 0.372. The van der Waals surface area contributed by atoms with Crippen molar-refractivity contribution in [1.29, 1.82) is 0 Å². The van der Waals surface area contributed by atoms with Crippen LogP contribution in [0, 0.1) is 5.92 Å². The Morgan fingerprint density at radius 1 is 1.13 bits per heavy atom. The molecule has 1 aromatic heterocycles. The maximum absolute atomic E-state index is 13.3. The Balaban J connectivity index is 1.37. The lowest BCUT2D eigenvalue weighted by atomic mass is 9.89. The van der Waals surface area contributed by atoms with E-state index in [1.165, 1.54) is 38.2 Å². The molecule has 0 spiro atoms. The highest BCUT2D eigenvalue weighted by Gasteiger charge is 2.35. The lowest BCUT2D eigenvalue weighted by molar-refractivity contribution is -0.198. The largest absolute Gasteiger partial charge is 0.443 e. The van der Waals surface area contributed by atoms with Crippen LogP contribution < -0.4 is 10.4 Å². The van der Waals surface area contributed by atoms with E-state index >= 15 is 0 Å². The molecule has 4 rings (SSSR count). The van der Waals surface area contributed by atoms with Crippen LogP contribution in [0.1, 0.15) is 84.1 Å². The van der Waals surface area contributed by atoms with Crippen molar-refractivity contribution in [1.82, 2.24) is 15.4 Å². The molecule has 9 heteroatoms. The van der Waals surface area contributed by atoms with Gasteiger partial charge in [-0.1, -0.05) is 19.3 Å². The van der Waals surface area contributed by atoms with E-state index in [9.17, 15) is 9.59 Å². The molecule has 2 atom stereocenters. The minimum atomic E-state index is -0.601. The molecular formula is C29H44N4O5. The molecule has 2 amide bonds. The van der Waals surface area contributed by atoms with Crippen LogP contribution in [-0.4, -0.2) is 66.1 Å². The Morgan fingerprint density at radius 3 is 2.61 bits per heavy atom. The third-order valence-corrected chi connectivity index (χ3v) is 7.32. The SMILES string of the molecule is CC(C)(C)OC(=O)N(c1ccc(/C=C/C(=O)NOC2CCCCO2)cn1)[C@@H]1CCN(CC2CCCCC2)C1. The van der Waals surface area contributed by atoms with Gasteiger partial charge in [-0.3, -0.25) is 9.69 Å². The van der Waals surface area contributed by atoms with Crippen molar-refractivity contribution in [3.63, 3.8) is 0 Å². The summed E-state index contributed by atoms with van der Waals surface area (Å²) in [6, 6.07) is 3.67. The van der Waals surface area contributed by atoms with Gasteiger partial charge in [-0.15, -0.1) is 0 Å². The van der Waals surface area contributed by atoms with Crippen molar-refractivity contribution < 1.29 is 23.9 Å². The van der Waals surface area contributed by atoms with Crippen LogP contribution in [0.3, 0.4) is 0 Å². The normalized spacial score (nSPS) is 23.4. The summed E-state index contributed by atoms with van der Waals surface area (Å²) in [5.74, 6) is 0.949. The van der Waals surface area contributed by atoms with Gasteiger partial charge in [0.25, 0.3) is 5.91 Å². The summed E-state index contributed by atoms with van der Waals surface area (Å²) in [7, 11) is 0. The number of hydrogen-bond donors (Lipinski definition) is 1. The van der Waals surface area contributed by atoms with Crippen molar-refractivity contribution in [2.45, 2.75) is 96.5 Å². The van der Waals surface area contributed by atoms with E-state index in [1.807, 2.05) is 32.9 Å². The maximum Gasteiger partial charge on any atom is 0.416 e. The van der Waals surface area contributed by atoms with Crippen LogP contribution in [-0.2, 0) is 19.1 Å². The fourth-order valence-corrected chi connectivity index (χ4v) is 5.44. The van der Waals surface area contributed by atoms with Gasteiger partial charge in [0.05, 0.1) is 6.04 Å². The first kappa shape index (κ1) is 28.5. The molecule has 0 radical (unpaired) electrons. The summed E-state index contributed by atoms with van der Waals surface area (Å²) in [4.78, 5) is 39.5. The number of anilines is 1. The molecule has 0 aromatic carbocycles. The molecule has 9 nitrogen and oxygen atoms in total. The van der Waals surface area contributed by atoms with Crippen LogP contribution in [0.2, 0.25) is 0 Å². The fourth-order valence-electron chi connectivity index (χ4n) is 5.44. The smallest absolute Gasteiger partial charge is 0.416 e. The number of carbonyl (C=O) groups excluding carboxylic acids is 2. The number of aromatic nitrogens is 1. The zero-order valence-electron chi connectivity index (χ0n) is 23.2. The number of hydrogen-bond acceptors (Lipinski definition) is 7. The van der Waals surface area contributed by atoms with Crippen molar-refractivity contribution >= 4 is 23.9 Å². The lowest BCUT2D eigenvalue weighted by Gasteiger charge is -2.31. The number of hydroxylamine groups is 1. The molecule has 1 aromatic rings. The molecule has 2 aliphatic heterocycles. The predicted octanol–water partition coefficient (Wildman–Crippen LogP) is 5.07. The van der Waals surface area contributed by atoms with Gasteiger partial charge in [-0.2, -0.15) is 0 Å². The first-order valence-corrected chi connectivity index (χ1v) is 14.2. The molecule has 210 valence electrons. The van der Waals surface area contributed by atoms with E-state index in [0.717, 1.165) is 56.8 Å². The average molecular weight is 529 g/mol. The number of pyridine rings is 1. The molecule has 1 N–H and O–H groups in total. The second-order valence-corrected chi connectivity index (χ2v) is 11.7. The number of ether oxygens (including phenoxy) is 2. The highest BCUT2D eigenvalue weighted by molar-refractivity contribution is 5.91. The molecule has 3 heterocycles. The predicted molar refractivity (Wildman–Crippen MR) is 146 cm³/mol. The Labute approximate surface area is 226 Å². The minimum Gasteiger partial charge on any atom is -0.443 e. The highest BCUT2D eigenvalue weighted by Crippen LogP contribution is 2.29. The molecule has 3 aliphatic rings. The number of rotatable bonds is 8.